The molecule has 0 saturated carbocycles. The number of aryl methyl sites for hydroxylation is 1. The van der Waals surface area contributed by atoms with Gasteiger partial charge in [-0.05, 0) is 24.3 Å². The predicted octanol–water partition coefficient (Wildman–Crippen LogP) is 4.40. The Kier molecular flexibility index (Phi) is 6.22. The van der Waals surface area contributed by atoms with Crippen LogP contribution in [0.25, 0.3) is 11.3 Å². The number of benzene rings is 1. The van der Waals surface area contributed by atoms with Gasteiger partial charge in [0.05, 0.1) is 10.0 Å². The average Bonchev–Trinajstić information content (AvgIpc) is 3.18. The van der Waals surface area contributed by atoms with E-state index in [1.807, 2.05) is 13.1 Å². The summed E-state index contributed by atoms with van der Waals surface area (Å²) in [6, 6.07) is 8.56. The summed E-state index contributed by atoms with van der Waals surface area (Å²) >= 11 is 12.9. The maximum absolute atomic E-state index is 12.2. The van der Waals surface area contributed by atoms with E-state index in [1.54, 1.807) is 29.1 Å². The molecular weight excluding hydrogens is 411 g/mol. The van der Waals surface area contributed by atoms with E-state index < -0.39 is 6.09 Å². The van der Waals surface area contributed by atoms with E-state index in [-0.39, 0.29) is 5.75 Å². The summed E-state index contributed by atoms with van der Waals surface area (Å²) in [6.45, 7) is 0.762. The molecule has 0 aliphatic carbocycles. The van der Waals surface area contributed by atoms with E-state index in [4.69, 9.17) is 38.4 Å². The van der Waals surface area contributed by atoms with Crippen molar-refractivity contribution in [2.75, 3.05) is 18.5 Å². The van der Waals surface area contributed by atoms with Gasteiger partial charge in [-0.25, -0.2) is 4.79 Å². The monoisotopic (exact) mass is 426 g/mol. The number of anilines is 1. The van der Waals surface area contributed by atoms with Gasteiger partial charge in [-0.3, -0.25) is 10.00 Å². The van der Waals surface area contributed by atoms with E-state index in [9.17, 15) is 4.79 Å². The van der Waals surface area contributed by atoms with Gasteiger partial charge in [0.1, 0.15) is 16.7 Å². The van der Waals surface area contributed by atoms with Crippen molar-refractivity contribution in [3.05, 3.63) is 45.2 Å². The molecule has 1 amide bonds. The molecule has 3 aromatic rings. The third kappa shape index (κ3) is 4.72. The van der Waals surface area contributed by atoms with Crippen molar-refractivity contribution in [1.82, 2.24) is 9.78 Å². The Balaban J connectivity index is 1.82. The van der Waals surface area contributed by atoms with Gasteiger partial charge in [0.25, 0.3) is 0 Å². The first-order chi connectivity index (χ1) is 13.0. The molecule has 0 spiro atoms. The Morgan fingerprint density at radius 3 is 2.74 bits per heavy atom. The quantitative estimate of drug-likeness (QED) is 0.608. The van der Waals surface area contributed by atoms with Gasteiger partial charge in [0, 0.05) is 37.1 Å². The minimum atomic E-state index is -0.682. The molecule has 0 bridgehead atoms. The van der Waals surface area contributed by atoms with Gasteiger partial charge in [-0.2, -0.15) is 5.10 Å². The van der Waals surface area contributed by atoms with Gasteiger partial charge < -0.3 is 15.2 Å². The van der Waals surface area contributed by atoms with E-state index in [0.29, 0.717) is 33.3 Å². The number of nitrogens with zero attached hydrogens (tertiary/aromatic N) is 2. The molecule has 27 heavy (non-hydrogen) atoms. The molecule has 1 aromatic carbocycles. The molecule has 0 unspecified atom stereocenters. The fourth-order valence-corrected chi connectivity index (χ4v) is 3.71. The third-order valence-electron chi connectivity index (χ3n) is 3.53. The van der Waals surface area contributed by atoms with Gasteiger partial charge in [-0.15, -0.1) is 11.3 Å². The fraction of sp³-hybridized carbons (Fsp3) is 0.176. The number of carbonyl (C=O) groups is 1. The highest BCUT2D eigenvalue weighted by molar-refractivity contribution is 7.20. The fourth-order valence-electron chi connectivity index (χ4n) is 2.38. The van der Waals surface area contributed by atoms with E-state index in [0.717, 1.165) is 22.6 Å². The summed E-state index contributed by atoms with van der Waals surface area (Å²) in [4.78, 5) is 12.2. The molecule has 0 atom stereocenters. The Morgan fingerprint density at radius 2 is 2.11 bits per heavy atom. The van der Waals surface area contributed by atoms with Crippen LogP contribution in [0.1, 0.15) is 0 Å². The lowest BCUT2D eigenvalue weighted by Crippen LogP contribution is -2.17. The smallest absolute Gasteiger partial charge is 0.417 e. The van der Waals surface area contributed by atoms with E-state index in [1.165, 1.54) is 6.07 Å². The lowest BCUT2D eigenvalue weighted by Gasteiger charge is -2.13. The summed E-state index contributed by atoms with van der Waals surface area (Å²) in [5.41, 5.74) is 7.63. The number of hydrogen-bond donors (Lipinski definition) is 2. The first kappa shape index (κ1) is 19.5. The van der Waals surface area contributed by atoms with Crippen LogP contribution in [-0.2, 0) is 7.05 Å². The van der Waals surface area contributed by atoms with Crippen LogP contribution >= 0.6 is 34.5 Å². The Morgan fingerprint density at radius 1 is 1.30 bits per heavy atom. The van der Waals surface area contributed by atoms with Crippen LogP contribution in [-0.4, -0.2) is 29.0 Å². The molecule has 0 aliphatic heterocycles. The average molecular weight is 427 g/mol. The number of aromatic nitrogens is 2. The van der Waals surface area contributed by atoms with Gasteiger partial charge in [0.2, 0.25) is 0 Å². The van der Waals surface area contributed by atoms with Crippen molar-refractivity contribution in [3.63, 3.8) is 0 Å². The van der Waals surface area contributed by atoms with Crippen molar-refractivity contribution in [2.24, 2.45) is 12.8 Å². The summed E-state index contributed by atoms with van der Waals surface area (Å²) in [6.07, 6.45) is 0.997. The van der Waals surface area contributed by atoms with Gasteiger partial charge >= 0.3 is 6.09 Å². The number of ether oxygens (including phenoxy) is 2. The van der Waals surface area contributed by atoms with E-state index >= 15 is 0 Å². The highest BCUT2D eigenvalue weighted by Gasteiger charge is 2.15. The lowest BCUT2D eigenvalue weighted by molar-refractivity contribution is 0.215. The molecular formula is C17H16Cl2N4O3S. The largest absolute Gasteiger partial charge is 0.492 e. The predicted molar refractivity (Wildman–Crippen MR) is 107 cm³/mol. The molecule has 10 heteroatoms. The lowest BCUT2D eigenvalue weighted by atomic mass is 10.1. The number of hydrogen-bond acceptors (Lipinski definition) is 6. The minimum absolute atomic E-state index is 0.207. The number of carbonyl (C=O) groups excluding carboxylic acids is 1. The Hall–Kier alpha value is -2.26. The summed E-state index contributed by atoms with van der Waals surface area (Å²) < 4.78 is 13.3. The standard InChI is InChI=1S/C17H16Cl2N4O3S/c1-23-12(4-6-21-23)11-8-10(2-3-13(11)25-7-5-20)22-17(24)26-14-9-15(18)27-16(14)19/h2-4,6,8-9H,5,7,20H2,1H3,(H,22,24). The van der Waals surface area contributed by atoms with Crippen molar-refractivity contribution in [1.29, 1.82) is 0 Å². The van der Waals surface area contributed by atoms with E-state index in [2.05, 4.69) is 10.4 Å². The molecule has 7 nitrogen and oxygen atoms in total. The molecule has 3 N–H and O–H groups in total. The molecule has 2 aromatic heterocycles. The zero-order valence-corrected chi connectivity index (χ0v) is 16.6. The number of nitrogens with one attached hydrogen (secondary N) is 1. The summed E-state index contributed by atoms with van der Waals surface area (Å²) in [5, 5.41) is 6.84. The number of rotatable bonds is 6. The number of thiophene rings is 1. The van der Waals surface area contributed by atoms with Crippen LogP contribution in [0.2, 0.25) is 8.67 Å². The number of amides is 1. The molecule has 0 aliphatic rings. The number of halogens is 2. The molecule has 0 saturated heterocycles. The molecule has 142 valence electrons. The van der Waals surface area contributed by atoms with Crippen LogP contribution in [0.3, 0.4) is 0 Å². The maximum Gasteiger partial charge on any atom is 0.417 e. The minimum Gasteiger partial charge on any atom is -0.492 e. The maximum atomic E-state index is 12.2. The highest BCUT2D eigenvalue weighted by atomic mass is 35.5. The zero-order chi connectivity index (χ0) is 19.4. The summed E-state index contributed by atoms with van der Waals surface area (Å²) in [7, 11) is 1.82. The van der Waals surface area contributed by atoms with Crippen molar-refractivity contribution >= 4 is 46.3 Å². The van der Waals surface area contributed by atoms with Crippen molar-refractivity contribution in [3.8, 4) is 22.8 Å². The second-order valence-corrected chi connectivity index (χ2v) is 7.68. The SMILES string of the molecule is Cn1nccc1-c1cc(NC(=O)Oc2cc(Cl)sc2Cl)ccc1OCCN. The Bertz CT molecular complexity index is 958. The van der Waals surface area contributed by atoms with Gasteiger partial charge in [0.15, 0.2) is 5.75 Å². The van der Waals surface area contributed by atoms with Crippen LogP contribution in [0.15, 0.2) is 36.5 Å². The first-order valence-corrected chi connectivity index (χ1v) is 9.44. The van der Waals surface area contributed by atoms with Crippen LogP contribution < -0.4 is 20.5 Å². The van der Waals surface area contributed by atoms with Crippen LogP contribution in [0.5, 0.6) is 11.5 Å². The van der Waals surface area contributed by atoms with Gasteiger partial charge in [-0.1, -0.05) is 23.2 Å². The molecule has 3 rings (SSSR count). The number of nitrogens with two attached hydrogens (primary N) is 1. The van der Waals surface area contributed by atoms with Crippen LogP contribution in [0, 0.1) is 0 Å². The van der Waals surface area contributed by atoms with Crippen molar-refractivity contribution in [2.45, 2.75) is 0 Å². The first-order valence-electron chi connectivity index (χ1n) is 7.87. The second-order valence-electron chi connectivity index (χ2n) is 5.39. The van der Waals surface area contributed by atoms with Crippen LogP contribution in [0.4, 0.5) is 10.5 Å². The molecule has 0 radical (unpaired) electrons. The zero-order valence-electron chi connectivity index (χ0n) is 14.2. The normalized spacial score (nSPS) is 10.7. The molecule has 0 fully saturated rings. The molecule has 2 heterocycles. The summed E-state index contributed by atoms with van der Waals surface area (Å²) in [5.74, 6) is 0.842. The third-order valence-corrected chi connectivity index (χ3v) is 4.98. The van der Waals surface area contributed by atoms with Crippen molar-refractivity contribution < 1.29 is 14.3 Å². The highest BCUT2D eigenvalue weighted by Crippen LogP contribution is 2.37. The topological polar surface area (TPSA) is 91.4 Å². The Labute approximate surface area is 169 Å². The second kappa shape index (κ2) is 8.62.